The van der Waals surface area contributed by atoms with E-state index in [0.29, 0.717) is 24.6 Å². The molecule has 1 aliphatic heterocycles. The highest BCUT2D eigenvalue weighted by Crippen LogP contribution is 2.32. The summed E-state index contributed by atoms with van der Waals surface area (Å²) in [6.07, 6.45) is 8.15. The van der Waals surface area contributed by atoms with E-state index < -0.39 is 0 Å². The van der Waals surface area contributed by atoms with Gasteiger partial charge < -0.3 is 13.9 Å². The van der Waals surface area contributed by atoms with Crippen LogP contribution in [0.5, 0.6) is 0 Å². The fourth-order valence-corrected chi connectivity index (χ4v) is 3.49. The number of rotatable bonds is 4. The smallest absolute Gasteiger partial charge is 0.290 e. The number of carbonyl (C=O) groups is 1. The van der Waals surface area contributed by atoms with Crippen molar-refractivity contribution in [3.05, 3.63) is 78.0 Å². The summed E-state index contributed by atoms with van der Waals surface area (Å²) < 4.78 is 20.9. The summed E-state index contributed by atoms with van der Waals surface area (Å²) >= 11 is 0. The van der Waals surface area contributed by atoms with Gasteiger partial charge in [0.1, 0.15) is 11.6 Å². The van der Waals surface area contributed by atoms with E-state index >= 15 is 0 Å². The third kappa shape index (κ3) is 3.40. The van der Waals surface area contributed by atoms with Crippen LogP contribution in [0.4, 0.5) is 4.39 Å². The second kappa shape index (κ2) is 7.15. The number of hydrogen-bond donors (Lipinski definition) is 0. The number of halogens is 1. The Hall–Kier alpha value is -2.89. The molecule has 1 aliphatic rings. The van der Waals surface area contributed by atoms with Crippen molar-refractivity contribution in [2.75, 3.05) is 6.54 Å². The second-order valence-electron chi connectivity index (χ2n) is 6.56. The van der Waals surface area contributed by atoms with Crippen LogP contribution >= 0.6 is 0 Å². The number of aromatic nitrogens is 2. The Kier molecular flexibility index (Phi) is 4.56. The van der Waals surface area contributed by atoms with Crippen LogP contribution in [0.3, 0.4) is 0 Å². The average molecular weight is 353 g/mol. The summed E-state index contributed by atoms with van der Waals surface area (Å²) in [6.45, 7) is 1.22. The van der Waals surface area contributed by atoms with Gasteiger partial charge in [-0.3, -0.25) is 4.79 Å². The zero-order chi connectivity index (χ0) is 17.9. The molecule has 1 aromatic carbocycles. The lowest BCUT2D eigenvalue weighted by Crippen LogP contribution is -2.38. The molecule has 4 rings (SSSR count). The molecule has 5 nitrogen and oxygen atoms in total. The molecule has 0 aliphatic carbocycles. The number of amides is 1. The number of carbonyl (C=O) groups excluding carboxylic acids is 1. The molecule has 26 heavy (non-hydrogen) atoms. The van der Waals surface area contributed by atoms with E-state index in [1.807, 2.05) is 21.7 Å². The van der Waals surface area contributed by atoms with E-state index in [0.717, 1.165) is 24.8 Å². The van der Waals surface area contributed by atoms with Gasteiger partial charge in [-0.1, -0.05) is 12.1 Å². The molecule has 1 unspecified atom stereocenters. The summed E-state index contributed by atoms with van der Waals surface area (Å²) in [4.78, 5) is 18.9. The molecule has 0 saturated carbocycles. The molecule has 1 saturated heterocycles. The molecule has 0 bridgehead atoms. The minimum absolute atomic E-state index is 0.0425. The average Bonchev–Trinajstić information content (AvgIpc) is 3.34. The summed E-state index contributed by atoms with van der Waals surface area (Å²) in [6, 6.07) is 9.93. The van der Waals surface area contributed by atoms with Crippen LogP contribution in [0, 0.1) is 5.82 Å². The van der Waals surface area contributed by atoms with Gasteiger partial charge >= 0.3 is 0 Å². The highest BCUT2D eigenvalue weighted by atomic mass is 19.1. The van der Waals surface area contributed by atoms with E-state index in [4.69, 9.17) is 4.42 Å². The van der Waals surface area contributed by atoms with E-state index in [1.54, 1.807) is 30.7 Å². The van der Waals surface area contributed by atoms with Gasteiger partial charge in [-0.25, -0.2) is 9.37 Å². The Morgan fingerprint density at radius 2 is 2.04 bits per heavy atom. The maximum atomic E-state index is 13.2. The fraction of sp³-hybridized carbons (Fsp3) is 0.300. The van der Waals surface area contributed by atoms with Gasteiger partial charge in [0.05, 0.1) is 18.9 Å². The van der Waals surface area contributed by atoms with Gasteiger partial charge in [-0.15, -0.1) is 0 Å². The molecular weight excluding hydrogens is 333 g/mol. The molecular formula is C20H20FN3O2. The first kappa shape index (κ1) is 16.6. The first-order valence-electron chi connectivity index (χ1n) is 8.81. The van der Waals surface area contributed by atoms with Gasteiger partial charge in [-0.2, -0.15) is 0 Å². The number of nitrogens with zero attached hydrogens (tertiary/aromatic N) is 3. The Morgan fingerprint density at radius 3 is 2.81 bits per heavy atom. The van der Waals surface area contributed by atoms with Crippen molar-refractivity contribution >= 4 is 5.91 Å². The van der Waals surface area contributed by atoms with Crippen LogP contribution in [-0.2, 0) is 6.54 Å². The standard InChI is InChI=1S/C20H20FN3O2/c21-16-6-4-15(5-7-16)18-3-1-2-11-24(18)20(25)19-9-8-17(26-19)13-23-12-10-22-14-23/h4-10,12,14,18H,1-3,11,13H2. The Balaban J connectivity index is 1.53. The second-order valence-corrected chi connectivity index (χ2v) is 6.56. The quantitative estimate of drug-likeness (QED) is 0.711. The molecule has 3 aromatic rings. The van der Waals surface area contributed by atoms with Crippen LogP contribution in [0.2, 0.25) is 0 Å². The minimum atomic E-state index is -0.266. The van der Waals surface area contributed by atoms with Crippen molar-refractivity contribution in [2.45, 2.75) is 31.8 Å². The van der Waals surface area contributed by atoms with Crippen molar-refractivity contribution in [1.82, 2.24) is 14.5 Å². The molecule has 3 heterocycles. The molecule has 6 heteroatoms. The molecule has 0 radical (unpaired) electrons. The van der Waals surface area contributed by atoms with Crippen LogP contribution < -0.4 is 0 Å². The van der Waals surface area contributed by atoms with Gasteiger partial charge in [0, 0.05) is 18.9 Å². The van der Waals surface area contributed by atoms with Crippen LogP contribution in [0.1, 0.15) is 47.2 Å². The third-order valence-corrected chi connectivity index (χ3v) is 4.79. The van der Waals surface area contributed by atoms with E-state index in [1.165, 1.54) is 12.1 Å². The lowest BCUT2D eigenvalue weighted by atomic mass is 9.95. The van der Waals surface area contributed by atoms with Crippen molar-refractivity contribution < 1.29 is 13.6 Å². The highest BCUT2D eigenvalue weighted by molar-refractivity contribution is 5.92. The largest absolute Gasteiger partial charge is 0.454 e. The molecule has 0 N–H and O–H groups in total. The predicted octanol–water partition coefficient (Wildman–Crippen LogP) is 4.03. The van der Waals surface area contributed by atoms with Gasteiger partial charge in [0.15, 0.2) is 5.76 Å². The van der Waals surface area contributed by atoms with Crippen LogP contribution in [0.25, 0.3) is 0 Å². The van der Waals surface area contributed by atoms with Crippen molar-refractivity contribution in [2.24, 2.45) is 0 Å². The van der Waals surface area contributed by atoms with E-state index in [9.17, 15) is 9.18 Å². The normalized spacial score (nSPS) is 17.4. The van der Waals surface area contributed by atoms with Crippen molar-refractivity contribution in [1.29, 1.82) is 0 Å². The Labute approximate surface area is 151 Å². The van der Waals surface area contributed by atoms with Crippen LogP contribution in [0.15, 0.2) is 59.5 Å². The van der Waals surface area contributed by atoms with Gasteiger partial charge in [0.25, 0.3) is 5.91 Å². The molecule has 1 fully saturated rings. The topological polar surface area (TPSA) is 51.3 Å². The zero-order valence-corrected chi connectivity index (χ0v) is 14.3. The van der Waals surface area contributed by atoms with Crippen molar-refractivity contribution in [3.8, 4) is 0 Å². The molecule has 0 spiro atoms. The summed E-state index contributed by atoms with van der Waals surface area (Å²) in [5, 5.41) is 0. The fourth-order valence-electron chi connectivity index (χ4n) is 3.49. The van der Waals surface area contributed by atoms with E-state index in [-0.39, 0.29) is 17.8 Å². The zero-order valence-electron chi connectivity index (χ0n) is 14.3. The molecule has 1 amide bonds. The Morgan fingerprint density at radius 1 is 1.19 bits per heavy atom. The van der Waals surface area contributed by atoms with Gasteiger partial charge in [-0.05, 0) is 49.1 Å². The monoisotopic (exact) mass is 353 g/mol. The number of likely N-dealkylation sites (tertiary alicyclic amines) is 1. The maximum absolute atomic E-state index is 13.2. The summed E-state index contributed by atoms with van der Waals surface area (Å²) in [7, 11) is 0. The first-order chi connectivity index (χ1) is 12.7. The Bertz CT molecular complexity index is 871. The minimum Gasteiger partial charge on any atom is -0.454 e. The lowest BCUT2D eigenvalue weighted by molar-refractivity contribution is 0.0577. The molecule has 2 aromatic heterocycles. The van der Waals surface area contributed by atoms with Crippen LogP contribution in [-0.4, -0.2) is 26.9 Å². The lowest BCUT2D eigenvalue weighted by Gasteiger charge is -2.35. The SMILES string of the molecule is O=C(c1ccc(Cn2ccnc2)o1)N1CCCCC1c1ccc(F)cc1. The van der Waals surface area contributed by atoms with Gasteiger partial charge in [0.2, 0.25) is 0 Å². The third-order valence-electron chi connectivity index (χ3n) is 4.79. The number of hydrogen-bond acceptors (Lipinski definition) is 3. The summed E-state index contributed by atoms with van der Waals surface area (Å²) in [5.41, 5.74) is 0.963. The summed E-state index contributed by atoms with van der Waals surface area (Å²) in [5.74, 6) is 0.671. The number of furan rings is 1. The molecule has 1 atom stereocenters. The highest BCUT2D eigenvalue weighted by Gasteiger charge is 2.30. The number of imidazole rings is 1. The van der Waals surface area contributed by atoms with E-state index in [2.05, 4.69) is 4.98 Å². The predicted molar refractivity (Wildman–Crippen MR) is 94.1 cm³/mol. The molecule has 134 valence electrons. The number of piperidine rings is 1. The van der Waals surface area contributed by atoms with Crippen molar-refractivity contribution in [3.63, 3.8) is 0 Å². The number of benzene rings is 1. The maximum Gasteiger partial charge on any atom is 0.290 e. The first-order valence-corrected chi connectivity index (χ1v) is 8.81.